The van der Waals surface area contributed by atoms with Crippen LogP contribution in [0.15, 0.2) is 42.7 Å². The van der Waals surface area contributed by atoms with E-state index in [0.29, 0.717) is 31.0 Å². The molecule has 0 bridgehead atoms. The molecule has 1 aliphatic rings. The van der Waals surface area contributed by atoms with Crippen LogP contribution < -0.4 is 5.32 Å². The number of ether oxygens (including phenoxy) is 1. The SMILES string of the molecule is COCCn1cc(-c2ccc(-c3cnc(C(=O)Nc4ccc(C(=O)N5CCN(C(=O)CC(O)(CF)CCN(C)C)CC5)c(Cl)c4)n3C)c(F)c2F)c(C)n1. The van der Waals surface area contributed by atoms with Crippen molar-refractivity contribution in [2.75, 3.05) is 72.5 Å². The number of rotatable bonds is 14. The highest BCUT2D eigenvalue weighted by Gasteiger charge is 2.34. The second kappa shape index (κ2) is 17.1. The first-order valence-corrected chi connectivity index (χ1v) is 17.7. The first kappa shape index (κ1) is 40.4. The molecule has 4 aromatic rings. The fraction of sp³-hybridized carbons (Fsp3) is 0.432. The minimum absolute atomic E-state index is 0.0451. The molecule has 1 fully saturated rings. The number of amides is 3. The first-order valence-electron chi connectivity index (χ1n) is 17.3. The van der Waals surface area contributed by atoms with Gasteiger partial charge in [-0.3, -0.25) is 19.1 Å². The molecule has 13 nitrogen and oxygen atoms in total. The van der Waals surface area contributed by atoms with E-state index in [-0.39, 0.29) is 89.8 Å². The molecule has 290 valence electrons. The predicted molar refractivity (Wildman–Crippen MR) is 197 cm³/mol. The lowest BCUT2D eigenvalue weighted by Crippen LogP contribution is -2.52. The Morgan fingerprint density at radius 3 is 2.35 bits per heavy atom. The lowest BCUT2D eigenvalue weighted by Gasteiger charge is -2.36. The molecule has 0 aliphatic carbocycles. The highest BCUT2D eigenvalue weighted by atomic mass is 35.5. The van der Waals surface area contributed by atoms with Gasteiger partial charge in [0.05, 0.1) is 47.7 Å². The van der Waals surface area contributed by atoms with Gasteiger partial charge in [-0.1, -0.05) is 17.7 Å². The fourth-order valence-corrected chi connectivity index (χ4v) is 6.48. The molecule has 1 saturated heterocycles. The zero-order valence-electron chi connectivity index (χ0n) is 30.8. The third kappa shape index (κ3) is 8.94. The molecule has 2 aromatic heterocycles. The third-order valence-corrected chi connectivity index (χ3v) is 9.75. The average Bonchev–Trinajstić information content (AvgIpc) is 3.72. The quantitative estimate of drug-likeness (QED) is 0.192. The Morgan fingerprint density at radius 2 is 1.70 bits per heavy atom. The van der Waals surface area contributed by atoms with Crippen LogP contribution in [-0.2, 0) is 23.1 Å². The number of carbonyl (C=O) groups is 3. The van der Waals surface area contributed by atoms with Crippen molar-refractivity contribution in [3.63, 3.8) is 0 Å². The molecule has 1 aliphatic heterocycles. The molecule has 0 spiro atoms. The van der Waals surface area contributed by atoms with Crippen molar-refractivity contribution >= 4 is 35.0 Å². The van der Waals surface area contributed by atoms with Gasteiger partial charge in [0.15, 0.2) is 17.5 Å². The van der Waals surface area contributed by atoms with E-state index in [0.717, 1.165) is 0 Å². The Hall–Kier alpha value is -4.77. The van der Waals surface area contributed by atoms with Crippen molar-refractivity contribution in [2.45, 2.75) is 31.9 Å². The van der Waals surface area contributed by atoms with Gasteiger partial charge < -0.3 is 34.4 Å². The van der Waals surface area contributed by atoms with E-state index in [1.54, 1.807) is 43.9 Å². The lowest BCUT2D eigenvalue weighted by atomic mass is 9.96. The first-order chi connectivity index (χ1) is 25.7. The number of hydrogen-bond donors (Lipinski definition) is 2. The van der Waals surface area contributed by atoms with Gasteiger partial charge in [0.1, 0.15) is 12.3 Å². The number of benzene rings is 2. The van der Waals surface area contributed by atoms with E-state index in [1.165, 1.54) is 57.9 Å². The number of anilines is 1. The largest absolute Gasteiger partial charge is 0.387 e. The van der Waals surface area contributed by atoms with Crippen LogP contribution in [0.5, 0.6) is 0 Å². The Bertz CT molecular complexity index is 2010. The van der Waals surface area contributed by atoms with Gasteiger partial charge >= 0.3 is 0 Å². The number of carbonyl (C=O) groups excluding carboxylic acids is 3. The summed E-state index contributed by atoms with van der Waals surface area (Å²) in [5, 5.41) is 17.7. The smallest absolute Gasteiger partial charge is 0.291 e. The monoisotopic (exact) mass is 772 g/mol. The lowest BCUT2D eigenvalue weighted by molar-refractivity contribution is -0.139. The topological polar surface area (TPSA) is 138 Å². The van der Waals surface area contributed by atoms with Crippen molar-refractivity contribution < 1.29 is 37.4 Å². The van der Waals surface area contributed by atoms with E-state index in [9.17, 15) is 23.9 Å². The molecule has 3 amide bonds. The van der Waals surface area contributed by atoms with Crippen molar-refractivity contribution in [2.24, 2.45) is 7.05 Å². The number of hydrogen-bond acceptors (Lipinski definition) is 8. The molecule has 0 radical (unpaired) electrons. The van der Waals surface area contributed by atoms with E-state index in [4.69, 9.17) is 16.3 Å². The summed E-state index contributed by atoms with van der Waals surface area (Å²) in [4.78, 5) is 48.4. The van der Waals surface area contributed by atoms with Crippen LogP contribution in [0.25, 0.3) is 22.4 Å². The average molecular weight is 773 g/mol. The highest BCUT2D eigenvalue weighted by Crippen LogP contribution is 2.33. The Morgan fingerprint density at radius 1 is 1.04 bits per heavy atom. The number of piperazine rings is 1. The number of halogens is 4. The van der Waals surface area contributed by atoms with Crippen LogP contribution in [0.2, 0.25) is 5.02 Å². The van der Waals surface area contributed by atoms with Gasteiger partial charge in [-0.25, -0.2) is 18.2 Å². The zero-order chi connectivity index (χ0) is 39.3. The van der Waals surface area contributed by atoms with Crippen molar-refractivity contribution in [3.8, 4) is 22.4 Å². The molecule has 1 unspecified atom stereocenters. The van der Waals surface area contributed by atoms with Crippen molar-refractivity contribution in [1.82, 2.24) is 34.0 Å². The van der Waals surface area contributed by atoms with E-state index in [1.807, 2.05) is 0 Å². The van der Waals surface area contributed by atoms with Crippen molar-refractivity contribution in [3.05, 3.63) is 76.5 Å². The molecular formula is C37H44ClF3N8O5. The van der Waals surface area contributed by atoms with E-state index in [2.05, 4.69) is 15.4 Å². The summed E-state index contributed by atoms with van der Waals surface area (Å²) in [6, 6.07) is 7.26. The number of aliphatic hydroxyl groups is 1. The van der Waals surface area contributed by atoms with Crippen LogP contribution in [0.1, 0.15) is 39.5 Å². The van der Waals surface area contributed by atoms with Crippen LogP contribution in [0.3, 0.4) is 0 Å². The maximum atomic E-state index is 15.5. The van der Waals surface area contributed by atoms with Crippen LogP contribution in [0.4, 0.5) is 18.9 Å². The maximum Gasteiger partial charge on any atom is 0.291 e. The Balaban J connectivity index is 1.21. The van der Waals surface area contributed by atoms with Gasteiger partial charge in [0.2, 0.25) is 5.91 Å². The summed E-state index contributed by atoms with van der Waals surface area (Å²) < 4.78 is 52.6. The minimum atomic E-state index is -1.75. The van der Waals surface area contributed by atoms with Crippen molar-refractivity contribution in [1.29, 1.82) is 0 Å². The number of nitrogens with one attached hydrogen (secondary N) is 1. The molecular weight excluding hydrogens is 729 g/mol. The van der Waals surface area contributed by atoms with Gasteiger partial charge in [0, 0.05) is 75.5 Å². The molecule has 0 saturated carbocycles. The summed E-state index contributed by atoms with van der Waals surface area (Å²) in [6.07, 6.45) is 2.66. The molecule has 5 rings (SSSR count). The number of alkyl halides is 1. The molecule has 54 heavy (non-hydrogen) atoms. The normalized spacial score (nSPS) is 14.4. The van der Waals surface area contributed by atoms with Crippen LogP contribution >= 0.6 is 11.6 Å². The summed E-state index contributed by atoms with van der Waals surface area (Å²) in [5.74, 6) is -3.67. The molecule has 1 atom stereocenters. The van der Waals surface area contributed by atoms with Gasteiger partial charge in [-0.15, -0.1) is 0 Å². The number of imidazole rings is 1. The summed E-state index contributed by atoms with van der Waals surface area (Å²) >= 11 is 6.49. The maximum absolute atomic E-state index is 15.5. The molecule has 3 heterocycles. The van der Waals surface area contributed by atoms with E-state index >= 15 is 8.78 Å². The fourth-order valence-electron chi connectivity index (χ4n) is 6.22. The Kier molecular flexibility index (Phi) is 12.8. The molecule has 2 aromatic carbocycles. The van der Waals surface area contributed by atoms with Crippen LogP contribution in [-0.4, -0.2) is 130 Å². The van der Waals surface area contributed by atoms with Gasteiger partial charge in [-0.05, 0) is 51.7 Å². The third-order valence-electron chi connectivity index (χ3n) is 9.44. The number of methoxy groups -OCH3 is 1. The minimum Gasteiger partial charge on any atom is -0.387 e. The molecule has 17 heteroatoms. The van der Waals surface area contributed by atoms with Gasteiger partial charge in [0.25, 0.3) is 11.8 Å². The second-order valence-electron chi connectivity index (χ2n) is 13.6. The van der Waals surface area contributed by atoms with Gasteiger partial charge in [-0.2, -0.15) is 5.10 Å². The summed E-state index contributed by atoms with van der Waals surface area (Å²) in [7, 11) is 6.65. The second-order valence-corrected chi connectivity index (χ2v) is 14.0. The summed E-state index contributed by atoms with van der Waals surface area (Å²) in [6.45, 7) is 2.78. The summed E-state index contributed by atoms with van der Waals surface area (Å²) in [5.41, 5.74) is -0.218. The standard InChI is InChI=1S/C37H44ClF3N8O5/c1-23-28(21-49(44-23)16-17-54-5)25-8-9-27(33(41)32(25)40)30-20-42-34(46(30)4)35(51)43-24-6-7-26(29(38)18-24)36(52)48-14-12-47(13-15-48)31(50)19-37(53,22-39)10-11-45(2)3/h6-9,18,20-21,53H,10-17,19,22H2,1-5H3,(H,43,51). The predicted octanol–water partition coefficient (Wildman–Crippen LogP) is 4.42. The van der Waals surface area contributed by atoms with Crippen LogP contribution in [0, 0.1) is 18.6 Å². The number of aromatic nitrogens is 4. The zero-order valence-corrected chi connectivity index (χ0v) is 31.6. The highest BCUT2D eigenvalue weighted by molar-refractivity contribution is 6.34. The Labute approximate surface area is 316 Å². The van der Waals surface area contributed by atoms with E-state index < -0.39 is 29.8 Å². The number of aryl methyl sites for hydroxylation is 1. The number of nitrogens with zero attached hydrogens (tertiary/aromatic N) is 7. The molecule has 2 N–H and O–H groups in total.